The number of methoxy groups -OCH3 is 2. The maximum Gasteiger partial charge on any atom is 0.387 e. The average molecular weight is 363 g/mol. The van der Waals surface area contributed by atoms with Crippen molar-refractivity contribution >= 4 is 17.7 Å². The molecule has 2 aromatic rings. The Bertz CT molecular complexity index is 789. The minimum absolute atomic E-state index is 0.0579. The van der Waals surface area contributed by atoms with E-state index in [1.165, 1.54) is 32.4 Å². The standard InChI is InChI=1S/C19H19F2NO4/c1-12-10-16(24-2)17(25-3)11-15(12)22-18(23)9-6-13-4-7-14(8-5-13)26-19(20)21/h4-11,19H,1-3H3,(H,22,23)/b9-6+. The number of anilines is 1. The fraction of sp³-hybridized carbons (Fsp3) is 0.211. The largest absolute Gasteiger partial charge is 0.493 e. The summed E-state index contributed by atoms with van der Waals surface area (Å²) in [6.45, 7) is -1.03. The first-order valence-corrected chi connectivity index (χ1v) is 7.69. The molecule has 2 rings (SSSR count). The van der Waals surface area contributed by atoms with Crippen LogP contribution in [0.2, 0.25) is 0 Å². The van der Waals surface area contributed by atoms with Crippen molar-refractivity contribution in [2.75, 3.05) is 19.5 Å². The van der Waals surface area contributed by atoms with Crippen molar-refractivity contribution in [1.82, 2.24) is 0 Å². The molecule has 0 aromatic heterocycles. The van der Waals surface area contributed by atoms with E-state index in [-0.39, 0.29) is 11.7 Å². The van der Waals surface area contributed by atoms with Crippen molar-refractivity contribution in [1.29, 1.82) is 0 Å². The van der Waals surface area contributed by atoms with Gasteiger partial charge in [-0.1, -0.05) is 12.1 Å². The van der Waals surface area contributed by atoms with E-state index in [0.29, 0.717) is 22.7 Å². The Balaban J connectivity index is 2.05. The van der Waals surface area contributed by atoms with Crippen molar-refractivity contribution in [3.05, 3.63) is 53.6 Å². The highest BCUT2D eigenvalue weighted by molar-refractivity contribution is 6.02. The number of halogens is 2. The van der Waals surface area contributed by atoms with E-state index in [1.807, 2.05) is 6.92 Å². The summed E-state index contributed by atoms with van der Waals surface area (Å²) in [4.78, 5) is 12.1. The molecule has 5 nitrogen and oxygen atoms in total. The van der Waals surface area contributed by atoms with Crippen LogP contribution in [-0.4, -0.2) is 26.7 Å². The molecule has 0 spiro atoms. The quantitative estimate of drug-likeness (QED) is 0.747. The zero-order chi connectivity index (χ0) is 19.1. The van der Waals surface area contributed by atoms with Gasteiger partial charge in [-0.25, -0.2) is 0 Å². The number of aryl methyl sites for hydroxylation is 1. The Kier molecular flexibility index (Phi) is 6.54. The highest BCUT2D eigenvalue weighted by Crippen LogP contribution is 2.32. The molecule has 0 atom stereocenters. The Morgan fingerprint density at radius 3 is 2.27 bits per heavy atom. The summed E-state index contributed by atoms with van der Waals surface area (Å²) in [7, 11) is 3.05. The van der Waals surface area contributed by atoms with Gasteiger partial charge in [-0.05, 0) is 42.3 Å². The van der Waals surface area contributed by atoms with Gasteiger partial charge < -0.3 is 19.5 Å². The summed E-state index contributed by atoms with van der Waals surface area (Å²) in [5.41, 5.74) is 2.08. The summed E-state index contributed by atoms with van der Waals surface area (Å²) in [6.07, 6.45) is 2.91. The third-order valence-corrected chi connectivity index (χ3v) is 3.52. The molecule has 2 aromatic carbocycles. The SMILES string of the molecule is COc1cc(C)c(NC(=O)/C=C/c2ccc(OC(F)F)cc2)cc1OC. The number of hydrogen-bond acceptors (Lipinski definition) is 4. The number of alkyl halides is 2. The number of nitrogens with one attached hydrogen (secondary N) is 1. The predicted molar refractivity (Wildman–Crippen MR) is 95.0 cm³/mol. The van der Waals surface area contributed by atoms with Gasteiger partial charge in [0.15, 0.2) is 11.5 Å². The summed E-state index contributed by atoms with van der Waals surface area (Å²) in [6, 6.07) is 9.40. The number of carbonyl (C=O) groups excluding carboxylic acids is 1. The molecule has 0 saturated heterocycles. The van der Waals surface area contributed by atoms with Crippen LogP contribution in [0.5, 0.6) is 17.2 Å². The molecular formula is C19H19F2NO4. The molecule has 1 amide bonds. The maximum absolute atomic E-state index is 12.1. The smallest absolute Gasteiger partial charge is 0.387 e. The third kappa shape index (κ3) is 5.20. The van der Waals surface area contributed by atoms with Crippen LogP contribution in [0.4, 0.5) is 14.5 Å². The van der Waals surface area contributed by atoms with Crippen molar-refractivity contribution in [3.63, 3.8) is 0 Å². The van der Waals surface area contributed by atoms with Crippen molar-refractivity contribution in [2.24, 2.45) is 0 Å². The normalized spacial score (nSPS) is 10.8. The van der Waals surface area contributed by atoms with Crippen molar-refractivity contribution < 1.29 is 27.8 Å². The molecule has 0 fully saturated rings. The summed E-state index contributed by atoms with van der Waals surface area (Å²) in [5, 5.41) is 2.76. The maximum atomic E-state index is 12.1. The molecule has 0 aliphatic heterocycles. The minimum atomic E-state index is -2.87. The molecule has 7 heteroatoms. The first-order chi connectivity index (χ1) is 12.4. The van der Waals surface area contributed by atoms with Crippen LogP contribution in [0.1, 0.15) is 11.1 Å². The summed E-state index contributed by atoms with van der Waals surface area (Å²) >= 11 is 0. The van der Waals surface area contributed by atoms with E-state index in [0.717, 1.165) is 5.56 Å². The molecule has 0 unspecified atom stereocenters. The topological polar surface area (TPSA) is 56.8 Å². The molecule has 0 saturated carbocycles. The Morgan fingerprint density at radius 2 is 1.69 bits per heavy atom. The molecule has 0 bridgehead atoms. The van der Waals surface area contributed by atoms with Gasteiger partial charge in [0.05, 0.1) is 14.2 Å². The van der Waals surface area contributed by atoms with Gasteiger partial charge in [-0.15, -0.1) is 0 Å². The van der Waals surface area contributed by atoms with Crippen LogP contribution in [0.3, 0.4) is 0 Å². The zero-order valence-corrected chi connectivity index (χ0v) is 14.6. The van der Waals surface area contributed by atoms with E-state index in [1.54, 1.807) is 30.3 Å². The van der Waals surface area contributed by atoms with E-state index in [9.17, 15) is 13.6 Å². The fourth-order valence-electron chi connectivity index (χ4n) is 2.22. The van der Waals surface area contributed by atoms with Gasteiger partial charge in [0, 0.05) is 17.8 Å². The van der Waals surface area contributed by atoms with E-state index in [2.05, 4.69) is 10.1 Å². The first-order valence-electron chi connectivity index (χ1n) is 7.69. The summed E-state index contributed by atoms with van der Waals surface area (Å²) < 4.78 is 38.9. The second-order valence-corrected chi connectivity index (χ2v) is 5.29. The van der Waals surface area contributed by atoms with Gasteiger partial charge >= 0.3 is 6.61 Å². The Labute approximate surface area is 150 Å². The lowest BCUT2D eigenvalue weighted by Crippen LogP contribution is -2.09. The van der Waals surface area contributed by atoms with Crippen molar-refractivity contribution in [2.45, 2.75) is 13.5 Å². The summed E-state index contributed by atoms with van der Waals surface area (Å²) in [5.74, 6) is 0.799. The van der Waals surface area contributed by atoms with Gasteiger partial charge in [0.25, 0.3) is 0 Å². The predicted octanol–water partition coefficient (Wildman–Crippen LogP) is 4.27. The Hall–Kier alpha value is -3.09. The lowest BCUT2D eigenvalue weighted by molar-refractivity contribution is -0.111. The van der Waals surface area contributed by atoms with Crippen molar-refractivity contribution in [3.8, 4) is 17.2 Å². The molecule has 0 aliphatic rings. The van der Waals surface area contributed by atoms with Crippen LogP contribution in [0, 0.1) is 6.92 Å². The Morgan fingerprint density at radius 1 is 1.08 bits per heavy atom. The van der Waals surface area contributed by atoms with Crippen LogP contribution < -0.4 is 19.5 Å². The molecule has 138 valence electrons. The molecule has 0 radical (unpaired) electrons. The van der Waals surface area contributed by atoms with Crippen LogP contribution in [-0.2, 0) is 4.79 Å². The molecule has 1 N–H and O–H groups in total. The lowest BCUT2D eigenvalue weighted by atomic mass is 10.1. The van der Waals surface area contributed by atoms with Gasteiger partial charge in [-0.2, -0.15) is 8.78 Å². The minimum Gasteiger partial charge on any atom is -0.493 e. The first kappa shape index (κ1) is 19.2. The zero-order valence-electron chi connectivity index (χ0n) is 14.6. The second kappa shape index (κ2) is 8.84. The van der Waals surface area contributed by atoms with Crippen LogP contribution in [0.25, 0.3) is 6.08 Å². The number of rotatable bonds is 7. The number of ether oxygens (including phenoxy) is 3. The molecular weight excluding hydrogens is 344 g/mol. The van der Waals surface area contributed by atoms with E-state index in [4.69, 9.17) is 9.47 Å². The van der Waals surface area contributed by atoms with Crippen LogP contribution in [0.15, 0.2) is 42.5 Å². The number of hydrogen-bond donors (Lipinski definition) is 1. The van der Waals surface area contributed by atoms with Gasteiger partial charge in [-0.3, -0.25) is 4.79 Å². The monoisotopic (exact) mass is 363 g/mol. The average Bonchev–Trinajstić information content (AvgIpc) is 2.62. The van der Waals surface area contributed by atoms with E-state index < -0.39 is 6.61 Å². The molecule has 26 heavy (non-hydrogen) atoms. The fourth-order valence-corrected chi connectivity index (χ4v) is 2.22. The molecule has 0 heterocycles. The van der Waals surface area contributed by atoms with Gasteiger partial charge in [0.1, 0.15) is 5.75 Å². The van der Waals surface area contributed by atoms with Gasteiger partial charge in [0.2, 0.25) is 5.91 Å². The number of carbonyl (C=O) groups is 1. The number of amides is 1. The second-order valence-electron chi connectivity index (χ2n) is 5.29. The lowest BCUT2D eigenvalue weighted by Gasteiger charge is -2.12. The third-order valence-electron chi connectivity index (χ3n) is 3.52. The highest BCUT2D eigenvalue weighted by atomic mass is 19.3. The van der Waals surface area contributed by atoms with Crippen LogP contribution >= 0.6 is 0 Å². The number of benzene rings is 2. The van der Waals surface area contributed by atoms with E-state index >= 15 is 0 Å². The molecule has 0 aliphatic carbocycles. The highest BCUT2D eigenvalue weighted by Gasteiger charge is 2.10.